The van der Waals surface area contributed by atoms with Crippen molar-refractivity contribution in [1.82, 2.24) is 4.98 Å². The third kappa shape index (κ3) is 6.47. The molecule has 0 saturated carbocycles. The predicted molar refractivity (Wildman–Crippen MR) is 68.6 cm³/mol. The van der Waals surface area contributed by atoms with Crippen molar-refractivity contribution in [3.05, 3.63) is 23.6 Å². The van der Waals surface area contributed by atoms with E-state index in [1.807, 2.05) is 0 Å². The minimum atomic E-state index is -4.51. The van der Waals surface area contributed by atoms with Crippen molar-refractivity contribution in [1.29, 1.82) is 0 Å². The molecule has 1 aromatic rings. The van der Waals surface area contributed by atoms with Crippen LogP contribution in [-0.2, 0) is 0 Å². The first-order chi connectivity index (χ1) is 7.80. The number of pyridine rings is 1. The highest BCUT2D eigenvalue weighted by Gasteiger charge is 2.35. The Bertz CT molecular complexity index is 468. The average Bonchev–Trinajstić information content (AvgIpc) is 2.19. The van der Waals surface area contributed by atoms with Crippen LogP contribution in [0.2, 0.25) is 0 Å². The minimum Gasteiger partial charge on any atom is -0.384 e. The number of rotatable bonds is 1. The lowest BCUT2D eigenvalue weighted by atomic mass is 10.2. The summed E-state index contributed by atoms with van der Waals surface area (Å²) in [6.07, 6.45) is -4.06. The molecule has 0 saturated heterocycles. The fourth-order valence-electron chi connectivity index (χ4n) is 0.910. The summed E-state index contributed by atoms with van der Waals surface area (Å²) in [7, 11) is 0. The molecule has 0 amide bonds. The van der Waals surface area contributed by atoms with E-state index in [-0.39, 0.29) is 36.2 Å². The predicted octanol–water partition coefficient (Wildman–Crippen LogP) is 2.28. The Balaban J connectivity index is 0. The molecule has 0 unspecified atom stereocenters. The monoisotopic (exact) mass is 319 g/mol. The first-order valence-corrected chi connectivity index (χ1v) is 4.53. The third-order valence-electron chi connectivity index (χ3n) is 1.84. The summed E-state index contributed by atoms with van der Waals surface area (Å²) in [6.45, 7) is 0. The summed E-state index contributed by atoms with van der Waals surface area (Å²) in [5.74, 6) is 3.61. The van der Waals surface area contributed by atoms with Crippen LogP contribution in [0, 0.1) is 17.7 Å². The molecule has 0 aliphatic carbocycles. The van der Waals surface area contributed by atoms with Crippen molar-refractivity contribution in [3.63, 3.8) is 0 Å². The van der Waals surface area contributed by atoms with E-state index >= 15 is 0 Å². The standard InChI is InChI=1S/C10H9F4N3.2ClH/c11-7-4-9(16)17-5-6(7)2-1-3-8(15)10(12,13)14;;/h4-5,8H,3,15H2,(H2,16,17);2*1H/t8-;;/m1../s1. The van der Waals surface area contributed by atoms with E-state index in [1.165, 1.54) is 0 Å². The SMILES string of the molecule is Cl.Cl.Nc1cc(F)c(C#CC[C@@H](N)C(F)(F)F)cn1. The zero-order chi connectivity index (χ0) is 13.1. The molecule has 108 valence electrons. The van der Waals surface area contributed by atoms with Gasteiger partial charge in [-0.15, -0.1) is 24.8 Å². The summed E-state index contributed by atoms with van der Waals surface area (Å²) in [4.78, 5) is 3.57. The lowest BCUT2D eigenvalue weighted by Gasteiger charge is -2.11. The molecule has 0 radical (unpaired) electrons. The molecule has 1 aromatic heterocycles. The number of nitrogen functional groups attached to an aromatic ring is 1. The van der Waals surface area contributed by atoms with Crippen LogP contribution in [0.15, 0.2) is 12.3 Å². The fraction of sp³-hybridized carbons (Fsp3) is 0.300. The summed E-state index contributed by atoms with van der Waals surface area (Å²) in [5, 5.41) is 0. The number of anilines is 1. The molecule has 9 heteroatoms. The maximum absolute atomic E-state index is 13.1. The van der Waals surface area contributed by atoms with E-state index < -0.39 is 24.5 Å². The maximum Gasteiger partial charge on any atom is 0.404 e. The highest BCUT2D eigenvalue weighted by Crippen LogP contribution is 2.20. The Morgan fingerprint density at radius 1 is 1.32 bits per heavy atom. The van der Waals surface area contributed by atoms with Gasteiger partial charge in [-0.05, 0) is 0 Å². The second-order valence-corrected chi connectivity index (χ2v) is 3.24. The van der Waals surface area contributed by atoms with Gasteiger partial charge in [-0.1, -0.05) is 11.8 Å². The Hall–Kier alpha value is -1.23. The highest BCUT2D eigenvalue weighted by molar-refractivity contribution is 5.85. The molecular weight excluding hydrogens is 309 g/mol. The van der Waals surface area contributed by atoms with E-state index in [0.29, 0.717) is 0 Å². The lowest BCUT2D eigenvalue weighted by Crippen LogP contribution is -2.36. The number of hydrogen-bond acceptors (Lipinski definition) is 3. The van der Waals surface area contributed by atoms with Crippen LogP contribution in [0.25, 0.3) is 0 Å². The molecule has 1 rings (SSSR count). The maximum atomic E-state index is 13.1. The summed E-state index contributed by atoms with van der Waals surface area (Å²) >= 11 is 0. The van der Waals surface area contributed by atoms with Crippen molar-refractivity contribution in [3.8, 4) is 11.8 Å². The lowest BCUT2D eigenvalue weighted by molar-refractivity contribution is -0.146. The van der Waals surface area contributed by atoms with Gasteiger partial charge in [0.1, 0.15) is 17.7 Å². The van der Waals surface area contributed by atoms with E-state index in [2.05, 4.69) is 16.8 Å². The van der Waals surface area contributed by atoms with Crippen molar-refractivity contribution in [2.24, 2.45) is 5.73 Å². The van der Waals surface area contributed by atoms with Crippen molar-refractivity contribution in [2.75, 3.05) is 5.73 Å². The molecule has 0 fully saturated rings. The van der Waals surface area contributed by atoms with E-state index in [1.54, 1.807) is 0 Å². The molecule has 19 heavy (non-hydrogen) atoms. The second kappa shape index (κ2) is 8.04. The molecule has 0 aromatic carbocycles. The van der Waals surface area contributed by atoms with Crippen LogP contribution in [0.5, 0.6) is 0 Å². The summed E-state index contributed by atoms with van der Waals surface area (Å²) in [6, 6.07) is -1.10. The fourth-order valence-corrected chi connectivity index (χ4v) is 0.910. The first-order valence-electron chi connectivity index (χ1n) is 4.53. The van der Waals surface area contributed by atoms with Crippen LogP contribution in [-0.4, -0.2) is 17.2 Å². The normalized spacial score (nSPS) is 11.4. The Kier molecular flexibility index (Phi) is 8.51. The van der Waals surface area contributed by atoms with Gasteiger partial charge in [0.05, 0.1) is 5.56 Å². The average molecular weight is 320 g/mol. The molecule has 1 heterocycles. The number of aromatic nitrogens is 1. The van der Waals surface area contributed by atoms with Gasteiger partial charge in [0.25, 0.3) is 0 Å². The van der Waals surface area contributed by atoms with Crippen molar-refractivity contribution < 1.29 is 17.6 Å². The number of nitrogens with zero attached hydrogens (tertiary/aromatic N) is 1. The summed E-state index contributed by atoms with van der Waals surface area (Å²) < 4.78 is 49.2. The zero-order valence-corrected chi connectivity index (χ0v) is 11.0. The van der Waals surface area contributed by atoms with Gasteiger partial charge >= 0.3 is 6.18 Å². The van der Waals surface area contributed by atoms with E-state index in [9.17, 15) is 17.6 Å². The van der Waals surface area contributed by atoms with Gasteiger partial charge in [0.15, 0.2) is 0 Å². The van der Waals surface area contributed by atoms with Crippen LogP contribution in [0.1, 0.15) is 12.0 Å². The zero-order valence-electron chi connectivity index (χ0n) is 9.37. The third-order valence-corrected chi connectivity index (χ3v) is 1.84. The largest absolute Gasteiger partial charge is 0.404 e. The molecule has 3 nitrogen and oxygen atoms in total. The van der Waals surface area contributed by atoms with Crippen molar-refractivity contribution in [2.45, 2.75) is 18.6 Å². The number of alkyl halides is 3. The topological polar surface area (TPSA) is 64.9 Å². The van der Waals surface area contributed by atoms with Gasteiger partial charge in [-0.2, -0.15) is 13.2 Å². The Labute approximate surface area is 119 Å². The van der Waals surface area contributed by atoms with Crippen LogP contribution >= 0.6 is 24.8 Å². The molecule has 0 aliphatic rings. The smallest absolute Gasteiger partial charge is 0.384 e. The number of halogens is 6. The minimum absolute atomic E-state index is 0. The number of hydrogen-bond donors (Lipinski definition) is 2. The second-order valence-electron chi connectivity index (χ2n) is 3.24. The highest BCUT2D eigenvalue weighted by atomic mass is 35.5. The van der Waals surface area contributed by atoms with Gasteiger partial charge in [0, 0.05) is 18.7 Å². The van der Waals surface area contributed by atoms with Crippen LogP contribution in [0.3, 0.4) is 0 Å². The first kappa shape index (κ1) is 20.1. The molecule has 0 bridgehead atoms. The molecule has 4 N–H and O–H groups in total. The molecular formula is C10H11Cl2F4N3. The molecule has 0 aliphatic heterocycles. The molecule has 1 atom stereocenters. The van der Waals surface area contributed by atoms with Crippen LogP contribution in [0.4, 0.5) is 23.4 Å². The van der Waals surface area contributed by atoms with Gasteiger partial charge < -0.3 is 11.5 Å². The quantitative estimate of drug-likeness (QED) is 0.616. The Morgan fingerprint density at radius 3 is 2.37 bits per heavy atom. The summed E-state index contributed by atoms with van der Waals surface area (Å²) in [5.41, 5.74) is 9.90. The van der Waals surface area contributed by atoms with Gasteiger partial charge in [0.2, 0.25) is 0 Å². The number of nitrogens with two attached hydrogens (primary N) is 2. The van der Waals surface area contributed by atoms with Crippen LogP contribution < -0.4 is 11.5 Å². The van der Waals surface area contributed by atoms with Gasteiger partial charge in [-0.3, -0.25) is 0 Å². The molecule has 0 spiro atoms. The van der Waals surface area contributed by atoms with Crippen molar-refractivity contribution >= 4 is 30.6 Å². The van der Waals surface area contributed by atoms with E-state index in [0.717, 1.165) is 12.3 Å². The van der Waals surface area contributed by atoms with E-state index in [4.69, 9.17) is 11.5 Å². The van der Waals surface area contributed by atoms with Gasteiger partial charge in [-0.25, -0.2) is 9.37 Å². The Morgan fingerprint density at radius 2 is 1.89 bits per heavy atom.